The Hall–Kier alpha value is -0.910. The highest BCUT2D eigenvalue weighted by atomic mass is 32.1. The molecular weight excluding hydrogens is 260 g/mol. The second-order valence-corrected chi connectivity index (χ2v) is 6.21. The maximum Gasteiger partial charge on any atom is 0.227 e. The van der Waals surface area contributed by atoms with Crippen LogP contribution < -0.4 is 5.32 Å². The van der Waals surface area contributed by atoms with Gasteiger partial charge in [-0.3, -0.25) is 4.79 Å². The Morgan fingerprint density at radius 3 is 3.11 bits per heavy atom. The molecule has 0 aliphatic carbocycles. The van der Waals surface area contributed by atoms with E-state index in [9.17, 15) is 4.79 Å². The number of carbonyl (C=O) groups is 1. The normalized spacial score (nSPS) is 31.6. The predicted molar refractivity (Wildman–Crippen MR) is 75.2 cm³/mol. The van der Waals surface area contributed by atoms with Crippen molar-refractivity contribution < 1.29 is 9.53 Å². The van der Waals surface area contributed by atoms with Gasteiger partial charge in [-0.15, -0.1) is 0 Å². The number of hydrogen-bond acceptors (Lipinski definition) is 4. The van der Waals surface area contributed by atoms with E-state index < -0.39 is 0 Å². The molecule has 19 heavy (non-hydrogen) atoms. The van der Waals surface area contributed by atoms with Gasteiger partial charge in [0.05, 0.1) is 18.6 Å². The largest absolute Gasteiger partial charge is 0.367 e. The molecule has 3 atom stereocenters. The number of hydrogen-bond donors (Lipinski definition) is 1. The predicted octanol–water partition coefficient (Wildman–Crippen LogP) is 1.65. The van der Waals surface area contributed by atoms with Crippen molar-refractivity contribution >= 4 is 17.2 Å². The summed E-state index contributed by atoms with van der Waals surface area (Å²) in [7, 11) is 0. The van der Waals surface area contributed by atoms with E-state index in [0.717, 1.165) is 26.1 Å². The van der Waals surface area contributed by atoms with Crippen molar-refractivity contribution in [2.24, 2.45) is 5.92 Å². The van der Waals surface area contributed by atoms with E-state index in [4.69, 9.17) is 4.74 Å². The quantitative estimate of drug-likeness (QED) is 0.895. The summed E-state index contributed by atoms with van der Waals surface area (Å²) in [5.74, 6) is 0.453. The second-order valence-electron chi connectivity index (χ2n) is 5.42. The van der Waals surface area contributed by atoms with E-state index in [0.29, 0.717) is 12.5 Å². The molecule has 0 spiro atoms. The fraction of sp³-hybridized carbons (Fsp3) is 0.643. The van der Waals surface area contributed by atoms with Crippen LogP contribution in [0.4, 0.5) is 0 Å². The number of thiophene rings is 1. The fourth-order valence-electron chi connectivity index (χ4n) is 2.90. The average Bonchev–Trinajstić information content (AvgIpc) is 3.10. The minimum Gasteiger partial charge on any atom is -0.367 e. The molecule has 104 valence electrons. The van der Waals surface area contributed by atoms with E-state index in [-0.39, 0.29) is 18.1 Å². The molecule has 4 nitrogen and oxygen atoms in total. The standard InChI is InChI=1S/C14H20N2O2S/c1-10-7-16(14(17)11-2-4-15-6-11)8-13(18-10)12-3-5-19-9-12/h3,5,9-11,13,15H,2,4,6-8H2,1H3/t10-,11+,13-/m1/s1. The molecule has 2 saturated heterocycles. The molecule has 0 radical (unpaired) electrons. The lowest BCUT2D eigenvalue weighted by Gasteiger charge is -2.37. The Labute approximate surface area is 117 Å². The third-order valence-corrected chi connectivity index (χ3v) is 4.60. The van der Waals surface area contributed by atoms with Crippen molar-refractivity contribution in [1.82, 2.24) is 10.2 Å². The molecule has 2 aliphatic heterocycles. The monoisotopic (exact) mass is 280 g/mol. The Bertz CT molecular complexity index is 429. The molecule has 1 aromatic heterocycles. The van der Waals surface area contributed by atoms with Crippen LogP contribution in [0.3, 0.4) is 0 Å². The Balaban J connectivity index is 1.69. The molecule has 0 aromatic carbocycles. The first-order valence-corrected chi connectivity index (χ1v) is 7.85. The highest BCUT2D eigenvalue weighted by Crippen LogP contribution is 2.28. The zero-order chi connectivity index (χ0) is 13.2. The van der Waals surface area contributed by atoms with Gasteiger partial charge in [0.15, 0.2) is 0 Å². The zero-order valence-corrected chi connectivity index (χ0v) is 12.0. The number of nitrogens with zero attached hydrogens (tertiary/aromatic N) is 1. The van der Waals surface area contributed by atoms with E-state index in [1.807, 2.05) is 11.8 Å². The van der Waals surface area contributed by atoms with Gasteiger partial charge in [-0.25, -0.2) is 0 Å². The molecule has 2 fully saturated rings. The number of morpholine rings is 1. The maximum atomic E-state index is 12.5. The van der Waals surface area contributed by atoms with Crippen LogP contribution in [0.2, 0.25) is 0 Å². The van der Waals surface area contributed by atoms with Crippen LogP contribution >= 0.6 is 11.3 Å². The highest BCUT2D eigenvalue weighted by molar-refractivity contribution is 7.07. The Morgan fingerprint density at radius 2 is 2.42 bits per heavy atom. The molecule has 0 saturated carbocycles. The zero-order valence-electron chi connectivity index (χ0n) is 11.2. The summed E-state index contributed by atoms with van der Waals surface area (Å²) in [6.07, 6.45) is 1.11. The molecule has 1 aromatic rings. The molecule has 0 unspecified atom stereocenters. The van der Waals surface area contributed by atoms with E-state index in [1.165, 1.54) is 5.56 Å². The molecule has 1 amide bonds. The van der Waals surface area contributed by atoms with Gasteiger partial charge >= 0.3 is 0 Å². The highest BCUT2D eigenvalue weighted by Gasteiger charge is 2.33. The summed E-state index contributed by atoms with van der Waals surface area (Å²) < 4.78 is 5.97. The molecule has 1 N–H and O–H groups in total. The molecule has 0 bridgehead atoms. The van der Waals surface area contributed by atoms with Crippen LogP contribution in [0.1, 0.15) is 25.0 Å². The van der Waals surface area contributed by atoms with Gasteiger partial charge in [0, 0.05) is 13.1 Å². The molecule has 5 heteroatoms. The van der Waals surface area contributed by atoms with Crippen molar-refractivity contribution in [2.75, 3.05) is 26.2 Å². The minimum absolute atomic E-state index is 0.0355. The number of nitrogens with one attached hydrogen (secondary N) is 1. The Morgan fingerprint density at radius 1 is 1.53 bits per heavy atom. The summed E-state index contributed by atoms with van der Waals surface area (Å²) in [5, 5.41) is 7.44. The van der Waals surface area contributed by atoms with Gasteiger partial charge in [-0.2, -0.15) is 11.3 Å². The van der Waals surface area contributed by atoms with Crippen molar-refractivity contribution in [3.8, 4) is 0 Å². The number of amides is 1. The van der Waals surface area contributed by atoms with Crippen molar-refractivity contribution in [2.45, 2.75) is 25.6 Å². The summed E-state index contributed by atoms with van der Waals surface area (Å²) >= 11 is 1.68. The summed E-state index contributed by atoms with van der Waals surface area (Å²) in [6.45, 7) is 5.25. The van der Waals surface area contributed by atoms with E-state index >= 15 is 0 Å². The molecule has 3 heterocycles. The van der Waals surface area contributed by atoms with Gasteiger partial charge in [-0.05, 0) is 42.3 Å². The smallest absolute Gasteiger partial charge is 0.227 e. The summed E-state index contributed by atoms with van der Waals surface area (Å²) in [6, 6.07) is 2.09. The first-order chi connectivity index (χ1) is 9.24. The van der Waals surface area contributed by atoms with E-state index in [1.54, 1.807) is 11.3 Å². The topological polar surface area (TPSA) is 41.6 Å². The van der Waals surface area contributed by atoms with Gasteiger partial charge in [0.1, 0.15) is 6.10 Å². The van der Waals surface area contributed by atoms with E-state index in [2.05, 4.69) is 22.1 Å². The van der Waals surface area contributed by atoms with Crippen LogP contribution in [0.25, 0.3) is 0 Å². The Kier molecular flexibility index (Phi) is 3.86. The van der Waals surface area contributed by atoms with Crippen LogP contribution in [-0.2, 0) is 9.53 Å². The SMILES string of the molecule is C[C@@H]1CN(C(=O)[C@H]2CCNC2)C[C@H](c2ccsc2)O1. The fourth-order valence-corrected chi connectivity index (χ4v) is 3.60. The van der Waals surface area contributed by atoms with Crippen LogP contribution in [0.15, 0.2) is 16.8 Å². The van der Waals surface area contributed by atoms with Crippen LogP contribution in [0, 0.1) is 5.92 Å². The minimum atomic E-state index is 0.0355. The van der Waals surface area contributed by atoms with Crippen LogP contribution in [-0.4, -0.2) is 43.1 Å². The average molecular weight is 280 g/mol. The summed E-state index contributed by atoms with van der Waals surface area (Å²) in [5.41, 5.74) is 1.19. The third kappa shape index (κ3) is 2.83. The van der Waals surface area contributed by atoms with Gasteiger partial charge in [0.2, 0.25) is 5.91 Å². The van der Waals surface area contributed by atoms with Crippen LogP contribution in [0.5, 0.6) is 0 Å². The first-order valence-electron chi connectivity index (χ1n) is 6.91. The van der Waals surface area contributed by atoms with Gasteiger partial charge < -0.3 is 15.0 Å². The lowest BCUT2D eigenvalue weighted by Crippen LogP contribution is -2.48. The summed E-state index contributed by atoms with van der Waals surface area (Å²) in [4.78, 5) is 14.5. The lowest BCUT2D eigenvalue weighted by atomic mass is 10.0. The lowest BCUT2D eigenvalue weighted by molar-refractivity contribution is -0.148. The first kappa shape index (κ1) is 13.1. The van der Waals surface area contributed by atoms with Gasteiger partial charge in [-0.1, -0.05) is 0 Å². The molecule has 3 rings (SSSR count). The van der Waals surface area contributed by atoms with Gasteiger partial charge in [0.25, 0.3) is 0 Å². The number of ether oxygens (including phenoxy) is 1. The van der Waals surface area contributed by atoms with Crippen molar-refractivity contribution in [1.29, 1.82) is 0 Å². The van der Waals surface area contributed by atoms with Crippen molar-refractivity contribution in [3.05, 3.63) is 22.4 Å². The number of carbonyl (C=O) groups excluding carboxylic acids is 1. The maximum absolute atomic E-state index is 12.5. The van der Waals surface area contributed by atoms with Crippen molar-refractivity contribution in [3.63, 3.8) is 0 Å². The molecular formula is C14H20N2O2S. The second kappa shape index (κ2) is 5.61. The third-order valence-electron chi connectivity index (χ3n) is 3.90. The number of rotatable bonds is 2. The molecule has 2 aliphatic rings.